The van der Waals surface area contributed by atoms with Crippen LogP contribution in [0.2, 0.25) is 0 Å². The molecule has 4 aromatic rings. The van der Waals surface area contributed by atoms with Gasteiger partial charge in [0.25, 0.3) is 0 Å². The summed E-state index contributed by atoms with van der Waals surface area (Å²) in [4.78, 5) is 4.54. The summed E-state index contributed by atoms with van der Waals surface area (Å²) >= 11 is 1.51. The lowest BCUT2D eigenvalue weighted by molar-refractivity contribution is 0.306. The topological polar surface area (TPSA) is 70.3 Å². The Bertz CT molecular complexity index is 1180. The highest BCUT2D eigenvalue weighted by atomic mass is 32.1. The molecule has 0 saturated heterocycles. The zero-order chi connectivity index (χ0) is 20.6. The summed E-state index contributed by atoms with van der Waals surface area (Å²) in [5.41, 5.74) is 7.53. The van der Waals surface area contributed by atoms with Gasteiger partial charge in [0, 0.05) is 10.9 Å². The van der Waals surface area contributed by atoms with Crippen molar-refractivity contribution in [1.82, 2.24) is 4.98 Å². The lowest BCUT2D eigenvalue weighted by Gasteiger charge is -2.06. The number of rotatable bonds is 7. The molecule has 0 amide bonds. The van der Waals surface area contributed by atoms with Gasteiger partial charge in [0.1, 0.15) is 12.4 Å². The average molecular weight is 411 g/mol. The Kier molecular flexibility index (Phi) is 6.13. The Morgan fingerprint density at radius 3 is 2.67 bits per heavy atom. The van der Waals surface area contributed by atoms with Gasteiger partial charge in [0.05, 0.1) is 23.5 Å². The Balaban J connectivity index is 1.31. The molecule has 0 atom stereocenters. The van der Waals surface area contributed by atoms with Crippen LogP contribution in [0.25, 0.3) is 11.3 Å². The van der Waals surface area contributed by atoms with E-state index >= 15 is 0 Å². The predicted molar refractivity (Wildman–Crippen MR) is 121 cm³/mol. The van der Waals surface area contributed by atoms with Crippen LogP contribution in [0, 0.1) is 11.3 Å². The molecule has 0 spiro atoms. The Morgan fingerprint density at radius 2 is 1.87 bits per heavy atom. The van der Waals surface area contributed by atoms with E-state index < -0.39 is 0 Å². The number of hydrazone groups is 1. The smallest absolute Gasteiger partial charge is 0.203 e. The predicted octanol–water partition coefficient (Wildman–Crippen LogP) is 5.71. The second-order valence-electron chi connectivity index (χ2n) is 6.44. The highest BCUT2D eigenvalue weighted by Crippen LogP contribution is 2.24. The molecule has 146 valence electrons. The third-order valence-electron chi connectivity index (χ3n) is 4.29. The second kappa shape index (κ2) is 9.50. The van der Waals surface area contributed by atoms with E-state index in [1.54, 1.807) is 12.3 Å². The van der Waals surface area contributed by atoms with E-state index in [0.717, 1.165) is 33.3 Å². The first-order chi connectivity index (χ1) is 14.8. The van der Waals surface area contributed by atoms with Gasteiger partial charge in [-0.2, -0.15) is 10.4 Å². The molecular formula is C24H18N4OS. The SMILES string of the molecule is N#Cc1cccc(COc2ccc(C=NNc3nc(-c4ccccc4)cs3)cc2)c1. The minimum atomic E-state index is 0.415. The number of thiazole rings is 1. The summed E-state index contributed by atoms with van der Waals surface area (Å²) < 4.78 is 5.79. The third kappa shape index (κ3) is 5.10. The first kappa shape index (κ1) is 19.4. The normalized spacial score (nSPS) is 10.6. The molecule has 5 nitrogen and oxygen atoms in total. The van der Waals surface area contributed by atoms with Gasteiger partial charge in [-0.25, -0.2) is 4.98 Å². The average Bonchev–Trinajstić information content (AvgIpc) is 3.28. The Labute approximate surface area is 178 Å². The van der Waals surface area contributed by atoms with Crippen LogP contribution in [0.4, 0.5) is 5.13 Å². The molecule has 4 rings (SSSR count). The number of aromatic nitrogens is 1. The van der Waals surface area contributed by atoms with Crippen LogP contribution in [0.3, 0.4) is 0 Å². The molecule has 0 aliphatic heterocycles. The number of ether oxygens (including phenoxy) is 1. The van der Waals surface area contributed by atoms with Gasteiger partial charge in [-0.1, -0.05) is 42.5 Å². The fourth-order valence-electron chi connectivity index (χ4n) is 2.78. The first-order valence-corrected chi connectivity index (χ1v) is 10.2. The lowest BCUT2D eigenvalue weighted by Crippen LogP contribution is -1.96. The highest BCUT2D eigenvalue weighted by molar-refractivity contribution is 7.14. The van der Waals surface area contributed by atoms with Crippen molar-refractivity contribution in [2.45, 2.75) is 6.61 Å². The van der Waals surface area contributed by atoms with Gasteiger partial charge in [-0.3, -0.25) is 5.43 Å². The molecule has 0 aliphatic carbocycles. The molecule has 0 bridgehead atoms. The molecule has 3 aromatic carbocycles. The van der Waals surface area contributed by atoms with E-state index in [1.165, 1.54) is 11.3 Å². The quantitative estimate of drug-likeness (QED) is 0.313. The zero-order valence-electron chi connectivity index (χ0n) is 16.0. The van der Waals surface area contributed by atoms with Crippen molar-refractivity contribution in [2.75, 3.05) is 5.43 Å². The summed E-state index contributed by atoms with van der Waals surface area (Å²) in [5.74, 6) is 0.759. The standard InChI is InChI=1S/C24H18N4OS/c25-14-19-5-4-6-20(13-19)16-29-22-11-9-18(10-12-22)15-26-28-24-27-23(17-30-24)21-7-2-1-3-8-21/h1-13,15,17H,16H2,(H,27,28). The van der Waals surface area contributed by atoms with Gasteiger partial charge in [-0.15, -0.1) is 11.3 Å². The summed E-state index contributed by atoms with van der Waals surface area (Å²) in [6.07, 6.45) is 1.74. The molecule has 0 aliphatic rings. The highest BCUT2D eigenvalue weighted by Gasteiger charge is 2.03. The molecule has 0 radical (unpaired) electrons. The molecule has 30 heavy (non-hydrogen) atoms. The second-order valence-corrected chi connectivity index (χ2v) is 7.30. The Morgan fingerprint density at radius 1 is 1.03 bits per heavy atom. The summed E-state index contributed by atoms with van der Waals surface area (Å²) in [6, 6.07) is 27.2. The van der Waals surface area contributed by atoms with Crippen molar-refractivity contribution in [3.05, 3.63) is 101 Å². The van der Waals surface area contributed by atoms with E-state index in [9.17, 15) is 0 Å². The number of anilines is 1. The van der Waals surface area contributed by atoms with Gasteiger partial charge >= 0.3 is 0 Å². The van der Waals surface area contributed by atoms with E-state index in [1.807, 2.05) is 78.2 Å². The number of nitrogens with zero attached hydrogens (tertiary/aromatic N) is 3. The van der Waals surface area contributed by atoms with E-state index in [-0.39, 0.29) is 0 Å². The van der Waals surface area contributed by atoms with Crippen molar-refractivity contribution < 1.29 is 4.74 Å². The van der Waals surface area contributed by atoms with Crippen LogP contribution in [-0.2, 0) is 6.61 Å². The minimum Gasteiger partial charge on any atom is -0.489 e. The maximum Gasteiger partial charge on any atom is 0.203 e. The van der Waals surface area contributed by atoms with Crippen molar-refractivity contribution in [3.8, 4) is 23.1 Å². The van der Waals surface area contributed by atoms with Crippen LogP contribution >= 0.6 is 11.3 Å². The molecule has 0 saturated carbocycles. The van der Waals surface area contributed by atoms with E-state index in [4.69, 9.17) is 10.00 Å². The molecule has 6 heteroatoms. The largest absolute Gasteiger partial charge is 0.489 e. The third-order valence-corrected chi connectivity index (χ3v) is 5.04. The lowest BCUT2D eigenvalue weighted by atomic mass is 10.1. The zero-order valence-corrected chi connectivity index (χ0v) is 16.8. The van der Waals surface area contributed by atoms with Crippen LogP contribution in [-0.4, -0.2) is 11.2 Å². The van der Waals surface area contributed by atoms with E-state index in [0.29, 0.717) is 12.2 Å². The summed E-state index contributed by atoms with van der Waals surface area (Å²) in [6.45, 7) is 0.415. The minimum absolute atomic E-state index is 0.415. The molecule has 1 aromatic heterocycles. The maximum atomic E-state index is 8.96. The molecule has 1 N–H and O–H groups in total. The van der Waals surface area contributed by atoms with Gasteiger partial charge in [0.15, 0.2) is 0 Å². The van der Waals surface area contributed by atoms with Crippen molar-refractivity contribution in [2.24, 2.45) is 5.10 Å². The molecule has 1 heterocycles. The number of nitriles is 1. The number of hydrogen-bond acceptors (Lipinski definition) is 6. The van der Waals surface area contributed by atoms with Crippen LogP contribution in [0.1, 0.15) is 16.7 Å². The van der Waals surface area contributed by atoms with Crippen LogP contribution in [0.5, 0.6) is 5.75 Å². The maximum absolute atomic E-state index is 8.96. The summed E-state index contributed by atoms with van der Waals surface area (Å²) in [7, 11) is 0. The van der Waals surface area contributed by atoms with E-state index in [2.05, 4.69) is 21.6 Å². The molecule has 0 fully saturated rings. The van der Waals surface area contributed by atoms with Gasteiger partial charge < -0.3 is 4.74 Å². The molecular weight excluding hydrogens is 392 g/mol. The van der Waals surface area contributed by atoms with Crippen molar-refractivity contribution in [3.63, 3.8) is 0 Å². The number of nitrogens with one attached hydrogen (secondary N) is 1. The van der Waals surface area contributed by atoms with Crippen LogP contribution in [0.15, 0.2) is 89.3 Å². The number of hydrogen-bond donors (Lipinski definition) is 1. The summed E-state index contributed by atoms with van der Waals surface area (Å²) in [5, 5.41) is 16.0. The first-order valence-electron chi connectivity index (χ1n) is 9.32. The van der Waals surface area contributed by atoms with Gasteiger partial charge in [-0.05, 0) is 47.5 Å². The fraction of sp³-hybridized carbons (Fsp3) is 0.0417. The molecule has 0 unspecified atom stereocenters. The number of benzene rings is 3. The fourth-order valence-corrected chi connectivity index (χ4v) is 3.44. The van der Waals surface area contributed by atoms with Crippen LogP contribution < -0.4 is 10.2 Å². The Hall–Kier alpha value is -3.95. The van der Waals surface area contributed by atoms with Crippen molar-refractivity contribution >= 4 is 22.7 Å². The van der Waals surface area contributed by atoms with Gasteiger partial charge in [0.2, 0.25) is 5.13 Å². The monoisotopic (exact) mass is 410 g/mol. The van der Waals surface area contributed by atoms with Crippen molar-refractivity contribution in [1.29, 1.82) is 5.26 Å².